The molecule has 114 valence electrons. The smallest absolute Gasteiger partial charge is 0.191 e. The Labute approximate surface area is 124 Å². The first-order valence-electron chi connectivity index (χ1n) is 7.01. The molecule has 2 heterocycles. The summed E-state index contributed by atoms with van der Waals surface area (Å²) in [6.45, 7) is 7.40. The Hall–Kier alpha value is -2.24. The molecule has 0 fully saturated rings. The Morgan fingerprint density at radius 2 is 2.19 bits per heavy atom. The van der Waals surface area contributed by atoms with Gasteiger partial charge in [-0.25, -0.2) is 0 Å². The van der Waals surface area contributed by atoms with Crippen molar-refractivity contribution in [3.05, 3.63) is 41.2 Å². The summed E-state index contributed by atoms with van der Waals surface area (Å²) in [6, 6.07) is 3.79. The topological polar surface area (TPSA) is 75.6 Å². The summed E-state index contributed by atoms with van der Waals surface area (Å²) in [5.74, 6) is 2.78. The first-order valence-corrected chi connectivity index (χ1v) is 7.01. The summed E-state index contributed by atoms with van der Waals surface area (Å²) >= 11 is 0. The van der Waals surface area contributed by atoms with Gasteiger partial charge < -0.3 is 19.6 Å². The van der Waals surface area contributed by atoms with Crippen LogP contribution >= 0.6 is 0 Å². The minimum absolute atomic E-state index is 0.290. The van der Waals surface area contributed by atoms with Crippen LogP contribution in [-0.2, 0) is 6.54 Å². The van der Waals surface area contributed by atoms with Crippen LogP contribution in [0.25, 0.3) is 0 Å². The van der Waals surface area contributed by atoms with E-state index in [1.54, 1.807) is 13.3 Å². The van der Waals surface area contributed by atoms with Crippen LogP contribution in [0.1, 0.15) is 35.6 Å². The number of nitrogens with one attached hydrogen (secondary N) is 2. The zero-order chi connectivity index (χ0) is 15.2. The van der Waals surface area contributed by atoms with Crippen molar-refractivity contribution < 1.29 is 8.94 Å². The highest BCUT2D eigenvalue weighted by Crippen LogP contribution is 2.22. The molecule has 0 spiro atoms. The maximum Gasteiger partial charge on any atom is 0.191 e. The normalized spacial score (nSPS) is 13.2. The summed E-state index contributed by atoms with van der Waals surface area (Å²) in [5.41, 5.74) is 2.10. The lowest BCUT2D eigenvalue weighted by molar-refractivity contribution is 0.391. The number of aryl methyl sites for hydroxylation is 2. The lowest BCUT2D eigenvalue weighted by Gasteiger charge is -2.15. The van der Waals surface area contributed by atoms with Crippen LogP contribution in [0.2, 0.25) is 0 Å². The summed E-state index contributed by atoms with van der Waals surface area (Å²) in [5, 5.41) is 10.5. The summed E-state index contributed by atoms with van der Waals surface area (Å²) in [6.07, 6.45) is 1.66. The maximum atomic E-state index is 5.28. The predicted octanol–water partition coefficient (Wildman–Crippen LogP) is 2.35. The summed E-state index contributed by atoms with van der Waals surface area (Å²) in [4.78, 5) is 4.20. The SMILES string of the molecule is CN=C(NCc1ccco1)NCC(C)c1c(C)noc1C. The van der Waals surface area contributed by atoms with Crippen LogP contribution < -0.4 is 10.6 Å². The molecule has 0 saturated carbocycles. The van der Waals surface area contributed by atoms with Crippen LogP contribution in [-0.4, -0.2) is 24.7 Å². The molecule has 0 aliphatic carbocycles. The second kappa shape index (κ2) is 6.97. The number of aromatic nitrogens is 1. The molecule has 0 bridgehead atoms. The lowest BCUT2D eigenvalue weighted by atomic mass is 10.00. The highest BCUT2D eigenvalue weighted by Gasteiger charge is 2.16. The van der Waals surface area contributed by atoms with Gasteiger partial charge >= 0.3 is 0 Å². The van der Waals surface area contributed by atoms with E-state index in [0.29, 0.717) is 12.5 Å². The van der Waals surface area contributed by atoms with E-state index in [-0.39, 0.29) is 0 Å². The molecule has 6 heteroatoms. The maximum absolute atomic E-state index is 5.28. The summed E-state index contributed by atoms with van der Waals surface area (Å²) in [7, 11) is 1.75. The van der Waals surface area contributed by atoms with Crippen molar-refractivity contribution in [3.63, 3.8) is 0 Å². The number of aliphatic imine (C=N–C) groups is 1. The standard InChI is InChI=1S/C15H22N4O2/c1-10(14-11(2)19-21-12(14)3)8-17-15(16-4)18-9-13-6-5-7-20-13/h5-7,10H,8-9H2,1-4H3,(H2,16,17,18). The van der Waals surface area contributed by atoms with Crippen molar-refractivity contribution in [2.75, 3.05) is 13.6 Å². The van der Waals surface area contributed by atoms with E-state index in [9.17, 15) is 0 Å². The zero-order valence-electron chi connectivity index (χ0n) is 12.9. The van der Waals surface area contributed by atoms with E-state index < -0.39 is 0 Å². The van der Waals surface area contributed by atoms with E-state index in [2.05, 4.69) is 27.7 Å². The number of hydrogen-bond acceptors (Lipinski definition) is 4. The number of rotatable bonds is 5. The molecular formula is C15H22N4O2. The Bertz CT molecular complexity index is 567. The third-order valence-corrected chi connectivity index (χ3v) is 3.39. The van der Waals surface area contributed by atoms with Crippen molar-refractivity contribution in [2.45, 2.75) is 33.2 Å². The molecule has 2 N–H and O–H groups in total. The summed E-state index contributed by atoms with van der Waals surface area (Å²) < 4.78 is 10.5. The molecule has 2 rings (SSSR count). The average molecular weight is 290 g/mol. The van der Waals surface area contributed by atoms with Crippen LogP contribution in [0.15, 0.2) is 32.3 Å². The molecule has 0 aromatic carbocycles. The molecule has 0 radical (unpaired) electrons. The Morgan fingerprint density at radius 3 is 2.76 bits per heavy atom. The highest BCUT2D eigenvalue weighted by atomic mass is 16.5. The van der Waals surface area contributed by atoms with Crippen molar-refractivity contribution in [1.29, 1.82) is 0 Å². The fraction of sp³-hybridized carbons (Fsp3) is 0.467. The third-order valence-electron chi connectivity index (χ3n) is 3.39. The van der Waals surface area contributed by atoms with Gasteiger partial charge in [0.05, 0.1) is 18.5 Å². The lowest BCUT2D eigenvalue weighted by Crippen LogP contribution is -2.38. The minimum atomic E-state index is 0.290. The molecule has 6 nitrogen and oxygen atoms in total. The van der Waals surface area contributed by atoms with E-state index in [1.165, 1.54) is 0 Å². The molecule has 2 aromatic heterocycles. The van der Waals surface area contributed by atoms with Crippen LogP contribution in [0, 0.1) is 13.8 Å². The third kappa shape index (κ3) is 3.87. The Morgan fingerprint density at radius 1 is 1.38 bits per heavy atom. The van der Waals surface area contributed by atoms with Crippen molar-refractivity contribution in [3.8, 4) is 0 Å². The van der Waals surface area contributed by atoms with Crippen molar-refractivity contribution in [2.24, 2.45) is 4.99 Å². The van der Waals surface area contributed by atoms with Crippen LogP contribution in [0.3, 0.4) is 0 Å². The van der Waals surface area contributed by atoms with Gasteiger partial charge in [-0.3, -0.25) is 4.99 Å². The van der Waals surface area contributed by atoms with E-state index >= 15 is 0 Å². The second-order valence-electron chi connectivity index (χ2n) is 5.02. The van der Waals surface area contributed by atoms with Gasteiger partial charge in [0.25, 0.3) is 0 Å². The van der Waals surface area contributed by atoms with Crippen LogP contribution in [0.5, 0.6) is 0 Å². The zero-order valence-corrected chi connectivity index (χ0v) is 12.9. The van der Waals surface area contributed by atoms with Gasteiger partial charge in [-0.2, -0.15) is 0 Å². The van der Waals surface area contributed by atoms with Gasteiger partial charge in [-0.05, 0) is 26.0 Å². The average Bonchev–Trinajstić information content (AvgIpc) is 3.09. The largest absolute Gasteiger partial charge is 0.467 e. The molecule has 2 aromatic rings. The molecule has 1 atom stereocenters. The monoisotopic (exact) mass is 290 g/mol. The fourth-order valence-electron chi connectivity index (χ4n) is 2.35. The van der Waals surface area contributed by atoms with Gasteiger partial charge in [0.15, 0.2) is 5.96 Å². The van der Waals surface area contributed by atoms with Gasteiger partial charge in [-0.1, -0.05) is 12.1 Å². The molecule has 0 aliphatic heterocycles. The van der Waals surface area contributed by atoms with Gasteiger partial charge in [-0.15, -0.1) is 0 Å². The number of furan rings is 1. The first-order chi connectivity index (χ1) is 10.1. The quantitative estimate of drug-likeness (QED) is 0.653. The highest BCUT2D eigenvalue weighted by molar-refractivity contribution is 5.79. The molecule has 0 saturated heterocycles. The molecule has 1 unspecified atom stereocenters. The van der Waals surface area contributed by atoms with Crippen LogP contribution in [0.4, 0.5) is 0 Å². The molecular weight excluding hydrogens is 268 g/mol. The second-order valence-corrected chi connectivity index (χ2v) is 5.02. The number of nitrogens with zero attached hydrogens (tertiary/aromatic N) is 2. The Kier molecular flexibility index (Phi) is 5.03. The van der Waals surface area contributed by atoms with Crippen molar-refractivity contribution in [1.82, 2.24) is 15.8 Å². The van der Waals surface area contributed by atoms with Gasteiger partial charge in [0.1, 0.15) is 11.5 Å². The first kappa shape index (κ1) is 15.2. The van der Waals surface area contributed by atoms with E-state index in [0.717, 1.165) is 35.3 Å². The van der Waals surface area contributed by atoms with Gasteiger partial charge in [0.2, 0.25) is 0 Å². The Balaban J connectivity index is 1.85. The molecule has 0 amide bonds. The number of hydrogen-bond donors (Lipinski definition) is 2. The van der Waals surface area contributed by atoms with Gasteiger partial charge in [0, 0.05) is 25.1 Å². The molecule has 0 aliphatic rings. The van der Waals surface area contributed by atoms with Crippen molar-refractivity contribution >= 4 is 5.96 Å². The minimum Gasteiger partial charge on any atom is -0.467 e. The number of guanidine groups is 1. The van der Waals surface area contributed by atoms with E-state index in [4.69, 9.17) is 8.94 Å². The fourth-order valence-corrected chi connectivity index (χ4v) is 2.35. The predicted molar refractivity (Wildman–Crippen MR) is 81.3 cm³/mol. The van der Waals surface area contributed by atoms with E-state index in [1.807, 2.05) is 26.0 Å². The molecule has 21 heavy (non-hydrogen) atoms.